The number of halogens is 1. The fourth-order valence-corrected chi connectivity index (χ4v) is 2.99. The van der Waals surface area contributed by atoms with Crippen LogP contribution in [0.15, 0.2) is 33.4 Å². The Balaban J connectivity index is 2.23. The number of furan rings is 1. The zero-order valence-corrected chi connectivity index (χ0v) is 10.8. The molecule has 16 heavy (non-hydrogen) atoms. The van der Waals surface area contributed by atoms with Crippen molar-refractivity contribution in [1.29, 1.82) is 0 Å². The van der Waals surface area contributed by atoms with Crippen molar-refractivity contribution in [2.75, 3.05) is 6.54 Å². The molecule has 1 N–H and O–H groups in total. The summed E-state index contributed by atoms with van der Waals surface area (Å²) in [5.74, 6) is 0. The van der Waals surface area contributed by atoms with Gasteiger partial charge < -0.3 is 9.73 Å². The third-order valence-corrected chi connectivity index (χ3v) is 4.13. The molecule has 0 aliphatic carbocycles. The van der Waals surface area contributed by atoms with Crippen molar-refractivity contribution in [2.45, 2.75) is 25.3 Å². The van der Waals surface area contributed by atoms with Gasteiger partial charge in [0, 0.05) is 16.5 Å². The van der Waals surface area contributed by atoms with E-state index in [9.17, 15) is 0 Å². The number of hydrogen-bond donors (Lipinski definition) is 1. The summed E-state index contributed by atoms with van der Waals surface area (Å²) in [5.41, 5.74) is 2.34. The molecule has 0 saturated carbocycles. The van der Waals surface area contributed by atoms with Gasteiger partial charge in [-0.25, -0.2) is 0 Å². The lowest BCUT2D eigenvalue weighted by Crippen LogP contribution is -2.33. The second-order valence-electron chi connectivity index (χ2n) is 4.63. The van der Waals surface area contributed by atoms with Crippen molar-refractivity contribution >= 4 is 26.9 Å². The van der Waals surface area contributed by atoms with Crippen LogP contribution in [0.25, 0.3) is 11.0 Å². The Hall–Kier alpha value is -0.800. The van der Waals surface area contributed by atoms with Gasteiger partial charge in [0.05, 0.1) is 4.47 Å². The van der Waals surface area contributed by atoms with E-state index in [0.717, 1.165) is 22.0 Å². The second-order valence-corrected chi connectivity index (χ2v) is 5.48. The highest BCUT2D eigenvalue weighted by molar-refractivity contribution is 9.10. The van der Waals surface area contributed by atoms with Crippen LogP contribution in [0.2, 0.25) is 0 Å². The monoisotopic (exact) mass is 279 g/mol. The Morgan fingerprint density at radius 2 is 2.31 bits per heavy atom. The van der Waals surface area contributed by atoms with Crippen LogP contribution in [0.4, 0.5) is 0 Å². The normalized spacial score (nSPS) is 25.4. The first-order valence-electron chi connectivity index (χ1n) is 5.62. The first-order chi connectivity index (χ1) is 7.71. The van der Waals surface area contributed by atoms with E-state index in [4.69, 9.17) is 4.42 Å². The average Bonchev–Trinajstić information content (AvgIpc) is 2.87. The van der Waals surface area contributed by atoms with E-state index < -0.39 is 0 Å². The molecule has 1 unspecified atom stereocenters. The molecule has 3 heteroatoms. The van der Waals surface area contributed by atoms with Gasteiger partial charge in [-0.05, 0) is 48.3 Å². The molecule has 0 bridgehead atoms. The molecule has 1 saturated heterocycles. The minimum Gasteiger partial charge on any atom is -0.463 e. The molecule has 1 atom stereocenters. The number of fused-ring (bicyclic) bond motifs is 1. The molecular formula is C13H14BrNO. The lowest BCUT2D eigenvalue weighted by Gasteiger charge is -2.24. The Morgan fingerprint density at radius 3 is 3.06 bits per heavy atom. The third-order valence-electron chi connectivity index (χ3n) is 3.52. The van der Waals surface area contributed by atoms with Crippen molar-refractivity contribution < 1.29 is 4.42 Å². The topological polar surface area (TPSA) is 25.2 Å². The molecule has 1 aliphatic heterocycles. The predicted octanol–water partition coefficient (Wildman–Crippen LogP) is 3.79. The molecule has 2 heterocycles. The van der Waals surface area contributed by atoms with Crippen LogP contribution in [0, 0.1) is 0 Å². The highest BCUT2D eigenvalue weighted by Gasteiger charge is 2.32. The zero-order chi connectivity index (χ0) is 11.2. The number of rotatable bonds is 1. The Bertz CT molecular complexity index is 526. The quantitative estimate of drug-likeness (QED) is 0.859. The minimum atomic E-state index is 0.0663. The van der Waals surface area contributed by atoms with Crippen LogP contribution in [0.1, 0.15) is 25.3 Å². The zero-order valence-electron chi connectivity index (χ0n) is 9.22. The smallest absolute Gasteiger partial charge is 0.140 e. The molecule has 2 nitrogen and oxygen atoms in total. The Kier molecular flexibility index (Phi) is 2.33. The van der Waals surface area contributed by atoms with Crippen LogP contribution in [0.3, 0.4) is 0 Å². The van der Waals surface area contributed by atoms with Gasteiger partial charge in [-0.15, -0.1) is 0 Å². The number of hydrogen-bond acceptors (Lipinski definition) is 2. The molecule has 0 amide bonds. The maximum Gasteiger partial charge on any atom is 0.140 e. The first kappa shape index (κ1) is 10.4. The maximum atomic E-state index is 5.67. The van der Waals surface area contributed by atoms with Gasteiger partial charge in [-0.1, -0.05) is 12.1 Å². The third kappa shape index (κ3) is 1.42. The average molecular weight is 280 g/mol. The second kappa shape index (κ2) is 3.60. The van der Waals surface area contributed by atoms with E-state index in [-0.39, 0.29) is 5.54 Å². The molecular weight excluding hydrogens is 266 g/mol. The number of benzene rings is 1. The highest BCUT2D eigenvalue weighted by atomic mass is 79.9. The first-order valence-corrected chi connectivity index (χ1v) is 6.41. The van der Waals surface area contributed by atoms with Gasteiger partial charge in [0.2, 0.25) is 0 Å². The van der Waals surface area contributed by atoms with Crippen LogP contribution < -0.4 is 5.32 Å². The van der Waals surface area contributed by atoms with Gasteiger partial charge in [0.25, 0.3) is 0 Å². The summed E-state index contributed by atoms with van der Waals surface area (Å²) >= 11 is 3.51. The van der Waals surface area contributed by atoms with Crippen LogP contribution in [0.5, 0.6) is 0 Å². The van der Waals surface area contributed by atoms with E-state index >= 15 is 0 Å². The van der Waals surface area contributed by atoms with Crippen LogP contribution in [-0.2, 0) is 5.54 Å². The van der Waals surface area contributed by atoms with Crippen molar-refractivity contribution in [3.63, 3.8) is 0 Å². The molecule has 1 aliphatic rings. The van der Waals surface area contributed by atoms with Gasteiger partial charge in [-0.2, -0.15) is 0 Å². The van der Waals surface area contributed by atoms with E-state index in [0.29, 0.717) is 0 Å². The fourth-order valence-electron chi connectivity index (χ4n) is 2.59. The van der Waals surface area contributed by atoms with Gasteiger partial charge in [-0.3, -0.25) is 0 Å². The van der Waals surface area contributed by atoms with Crippen molar-refractivity contribution in [2.24, 2.45) is 0 Å². The van der Waals surface area contributed by atoms with E-state index in [1.54, 1.807) is 6.26 Å². The van der Waals surface area contributed by atoms with E-state index in [1.165, 1.54) is 18.4 Å². The van der Waals surface area contributed by atoms with Crippen molar-refractivity contribution in [1.82, 2.24) is 5.32 Å². The van der Waals surface area contributed by atoms with Gasteiger partial charge in [0.15, 0.2) is 0 Å². The molecule has 0 spiro atoms. The highest BCUT2D eigenvalue weighted by Crippen LogP contribution is 2.37. The summed E-state index contributed by atoms with van der Waals surface area (Å²) in [6.07, 6.45) is 4.17. The maximum absolute atomic E-state index is 5.67. The summed E-state index contributed by atoms with van der Waals surface area (Å²) in [4.78, 5) is 0. The number of para-hydroxylation sites is 1. The number of nitrogens with one attached hydrogen (secondary N) is 1. The molecule has 1 fully saturated rings. The predicted molar refractivity (Wildman–Crippen MR) is 68.5 cm³/mol. The Morgan fingerprint density at radius 1 is 1.44 bits per heavy atom. The summed E-state index contributed by atoms with van der Waals surface area (Å²) in [5, 5.41) is 4.74. The fraction of sp³-hybridized carbons (Fsp3) is 0.385. The minimum absolute atomic E-state index is 0.0663. The van der Waals surface area contributed by atoms with Crippen LogP contribution in [-0.4, -0.2) is 6.54 Å². The lowest BCUT2D eigenvalue weighted by atomic mass is 9.89. The summed E-state index contributed by atoms with van der Waals surface area (Å²) in [6.45, 7) is 3.35. The van der Waals surface area contributed by atoms with E-state index in [2.05, 4.69) is 46.4 Å². The lowest BCUT2D eigenvalue weighted by molar-refractivity contribution is 0.430. The largest absolute Gasteiger partial charge is 0.463 e. The van der Waals surface area contributed by atoms with Crippen molar-refractivity contribution in [3.8, 4) is 0 Å². The Labute approximate surface area is 103 Å². The van der Waals surface area contributed by atoms with E-state index in [1.807, 2.05) is 0 Å². The van der Waals surface area contributed by atoms with Gasteiger partial charge in [0.1, 0.15) is 11.8 Å². The van der Waals surface area contributed by atoms with Crippen molar-refractivity contribution in [3.05, 3.63) is 34.5 Å². The summed E-state index contributed by atoms with van der Waals surface area (Å²) < 4.78 is 6.70. The SMILES string of the molecule is CC1(c2cccc3c(Br)coc23)CCCN1. The summed E-state index contributed by atoms with van der Waals surface area (Å²) in [7, 11) is 0. The standard InChI is InChI=1S/C13H14BrNO/c1-13(6-3-7-15-13)10-5-2-4-9-11(14)8-16-12(9)10/h2,4-5,8,15H,3,6-7H2,1H3. The molecule has 3 rings (SSSR count). The summed E-state index contributed by atoms with van der Waals surface area (Å²) in [6, 6.07) is 6.35. The molecule has 1 aromatic carbocycles. The molecule has 84 valence electrons. The molecule has 1 aromatic heterocycles. The molecule has 2 aromatic rings. The molecule has 0 radical (unpaired) electrons. The van der Waals surface area contributed by atoms with Gasteiger partial charge >= 0.3 is 0 Å². The van der Waals surface area contributed by atoms with Crippen LogP contribution >= 0.6 is 15.9 Å².